The van der Waals surface area contributed by atoms with Gasteiger partial charge >= 0.3 is 0 Å². The van der Waals surface area contributed by atoms with E-state index in [1.54, 1.807) is 0 Å². The summed E-state index contributed by atoms with van der Waals surface area (Å²) in [6.45, 7) is 7.32. The van der Waals surface area contributed by atoms with Crippen molar-refractivity contribution in [2.45, 2.75) is 33.6 Å². The molecule has 0 rings (SSSR count). The van der Waals surface area contributed by atoms with Gasteiger partial charge in [0.05, 0.1) is 0 Å². The lowest BCUT2D eigenvalue weighted by atomic mass is 10.1. The van der Waals surface area contributed by atoms with E-state index in [0.29, 0.717) is 6.61 Å². The van der Waals surface area contributed by atoms with Crippen molar-refractivity contribution >= 4 is 0 Å². The first-order chi connectivity index (χ1) is 4.68. The van der Waals surface area contributed by atoms with E-state index in [1.165, 1.54) is 0 Å². The first-order valence-electron chi connectivity index (χ1n) is 3.99. The Hall–Kier alpha value is -0.0800. The van der Waals surface area contributed by atoms with Crippen LogP contribution in [0.4, 0.5) is 0 Å². The summed E-state index contributed by atoms with van der Waals surface area (Å²) in [4.78, 5) is 0. The molecule has 10 heavy (non-hydrogen) atoms. The molecule has 0 heterocycles. The summed E-state index contributed by atoms with van der Waals surface area (Å²) in [7, 11) is 0. The summed E-state index contributed by atoms with van der Waals surface area (Å²) < 4.78 is 0. The zero-order valence-corrected chi connectivity index (χ0v) is 7.43. The first-order valence-corrected chi connectivity index (χ1v) is 3.99. The Kier molecular flexibility index (Phi) is 14.7. The van der Waals surface area contributed by atoms with Gasteiger partial charge in [-0.1, -0.05) is 20.8 Å². The number of aliphatic hydroxyl groups is 1. The lowest BCUT2D eigenvalue weighted by Gasteiger charge is -1.98. The lowest BCUT2D eigenvalue weighted by molar-refractivity contribution is 0.276. The highest BCUT2D eigenvalue weighted by molar-refractivity contribution is 4.42. The van der Waals surface area contributed by atoms with Gasteiger partial charge in [0.25, 0.3) is 0 Å². The minimum Gasteiger partial charge on any atom is -0.396 e. The maximum absolute atomic E-state index is 8.32. The van der Waals surface area contributed by atoms with Crippen molar-refractivity contribution < 1.29 is 5.11 Å². The van der Waals surface area contributed by atoms with Crippen LogP contribution in [-0.2, 0) is 0 Å². The van der Waals surface area contributed by atoms with Crippen LogP contribution in [0.3, 0.4) is 0 Å². The molecule has 0 aromatic rings. The predicted molar refractivity (Wildman–Crippen MR) is 45.9 cm³/mol. The minimum absolute atomic E-state index is 0.345. The van der Waals surface area contributed by atoms with Crippen LogP contribution in [0.15, 0.2) is 0 Å². The number of rotatable bonds is 3. The van der Waals surface area contributed by atoms with Crippen LogP contribution in [0.25, 0.3) is 0 Å². The second kappa shape index (κ2) is 11.7. The number of aliphatic hydroxyl groups excluding tert-OH is 1. The van der Waals surface area contributed by atoms with Crippen LogP contribution >= 0.6 is 0 Å². The van der Waals surface area contributed by atoms with Gasteiger partial charge in [0.1, 0.15) is 0 Å². The molecule has 0 spiro atoms. The molecule has 0 aliphatic carbocycles. The SMILES string of the molecule is CC(C)CCCO.CCN. The molecule has 0 bridgehead atoms. The highest BCUT2D eigenvalue weighted by Crippen LogP contribution is 2.00. The summed E-state index contributed by atoms with van der Waals surface area (Å²) in [6.07, 6.45) is 2.11. The molecule has 0 aromatic heterocycles. The molecule has 2 nitrogen and oxygen atoms in total. The number of hydrogen-bond donors (Lipinski definition) is 2. The van der Waals surface area contributed by atoms with Crippen LogP contribution in [0.2, 0.25) is 0 Å². The average Bonchev–Trinajstić information content (AvgIpc) is 1.85. The van der Waals surface area contributed by atoms with E-state index in [2.05, 4.69) is 13.8 Å². The van der Waals surface area contributed by atoms with Gasteiger partial charge in [-0.25, -0.2) is 0 Å². The summed E-state index contributed by atoms with van der Waals surface area (Å²) >= 11 is 0. The molecule has 0 fully saturated rings. The van der Waals surface area contributed by atoms with Crippen LogP contribution in [0.5, 0.6) is 0 Å². The van der Waals surface area contributed by atoms with E-state index >= 15 is 0 Å². The maximum Gasteiger partial charge on any atom is 0.0431 e. The highest BCUT2D eigenvalue weighted by Gasteiger charge is 1.89. The Labute approximate surface area is 64.4 Å². The highest BCUT2D eigenvalue weighted by atomic mass is 16.2. The van der Waals surface area contributed by atoms with Gasteiger partial charge in [0, 0.05) is 6.61 Å². The largest absolute Gasteiger partial charge is 0.396 e. The summed E-state index contributed by atoms with van der Waals surface area (Å²) in [6, 6.07) is 0. The fourth-order valence-corrected chi connectivity index (χ4v) is 0.500. The van der Waals surface area contributed by atoms with Crippen LogP contribution < -0.4 is 5.73 Å². The quantitative estimate of drug-likeness (QED) is 0.633. The van der Waals surface area contributed by atoms with Crippen LogP contribution in [-0.4, -0.2) is 18.3 Å². The van der Waals surface area contributed by atoms with Gasteiger partial charge in [-0.05, 0) is 25.3 Å². The summed E-state index contributed by atoms with van der Waals surface area (Å²) in [5, 5.41) is 8.32. The van der Waals surface area contributed by atoms with Gasteiger partial charge in [0.2, 0.25) is 0 Å². The third-order valence-electron chi connectivity index (χ3n) is 0.940. The molecule has 3 N–H and O–H groups in total. The number of hydrogen-bond acceptors (Lipinski definition) is 2. The Morgan fingerprint density at radius 3 is 1.90 bits per heavy atom. The molecule has 0 atom stereocenters. The Morgan fingerprint density at radius 1 is 1.40 bits per heavy atom. The second-order valence-corrected chi connectivity index (χ2v) is 2.67. The molecule has 0 radical (unpaired) electrons. The van der Waals surface area contributed by atoms with Crippen molar-refractivity contribution in [3.05, 3.63) is 0 Å². The van der Waals surface area contributed by atoms with Crippen molar-refractivity contribution in [1.29, 1.82) is 0 Å². The minimum atomic E-state index is 0.345. The summed E-state index contributed by atoms with van der Waals surface area (Å²) in [5.41, 5.74) is 4.85. The first kappa shape index (κ1) is 12.6. The van der Waals surface area contributed by atoms with Gasteiger partial charge in [-0.3, -0.25) is 0 Å². The van der Waals surface area contributed by atoms with E-state index in [4.69, 9.17) is 10.8 Å². The molecule has 0 saturated carbocycles. The van der Waals surface area contributed by atoms with E-state index in [9.17, 15) is 0 Å². The molecule has 64 valence electrons. The zero-order chi connectivity index (χ0) is 8.41. The fraction of sp³-hybridized carbons (Fsp3) is 1.00. The van der Waals surface area contributed by atoms with E-state index in [0.717, 1.165) is 25.3 Å². The van der Waals surface area contributed by atoms with E-state index < -0.39 is 0 Å². The van der Waals surface area contributed by atoms with Crippen LogP contribution in [0, 0.1) is 5.92 Å². The monoisotopic (exact) mass is 147 g/mol. The molecular formula is C8H21NO. The molecule has 0 unspecified atom stereocenters. The normalized spacial score (nSPS) is 9.00. The molecule has 0 amide bonds. The fourth-order valence-electron chi connectivity index (χ4n) is 0.500. The van der Waals surface area contributed by atoms with Crippen molar-refractivity contribution in [2.24, 2.45) is 11.7 Å². The van der Waals surface area contributed by atoms with Crippen LogP contribution in [0.1, 0.15) is 33.6 Å². The van der Waals surface area contributed by atoms with Crippen molar-refractivity contribution in [3.63, 3.8) is 0 Å². The lowest BCUT2D eigenvalue weighted by Crippen LogP contribution is -1.89. The standard InChI is InChI=1S/C6H14O.C2H7N/c1-6(2)4-3-5-7;1-2-3/h6-7H,3-5H2,1-2H3;2-3H2,1H3. The average molecular weight is 147 g/mol. The van der Waals surface area contributed by atoms with Gasteiger partial charge in [-0.15, -0.1) is 0 Å². The summed E-state index contributed by atoms with van der Waals surface area (Å²) in [5.74, 6) is 0.743. The Bertz CT molecular complexity index is 46.5. The van der Waals surface area contributed by atoms with Crippen molar-refractivity contribution in [1.82, 2.24) is 0 Å². The molecule has 2 heteroatoms. The van der Waals surface area contributed by atoms with Crippen molar-refractivity contribution in [2.75, 3.05) is 13.2 Å². The van der Waals surface area contributed by atoms with Crippen molar-refractivity contribution in [3.8, 4) is 0 Å². The van der Waals surface area contributed by atoms with Gasteiger partial charge in [0.15, 0.2) is 0 Å². The second-order valence-electron chi connectivity index (χ2n) is 2.67. The molecule has 0 aliphatic heterocycles. The Balaban J connectivity index is 0. The number of nitrogens with two attached hydrogens (primary N) is 1. The zero-order valence-electron chi connectivity index (χ0n) is 7.43. The molecule has 0 saturated heterocycles. The smallest absolute Gasteiger partial charge is 0.0431 e. The Morgan fingerprint density at radius 2 is 1.80 bits per heavy atom. The molecule has 0 aromatic carbocycles. The topological polar surface area (TPSA) is 46.2 Å². The molecule has 0 aliphatic rings. The predicted octanol–water partition coefficient (Wildman–Crippen LogP) is 1.38. The van der Waals surface area contributed by atoms with Gasteiger partial charge < -0.3 is 10.8 Å². The van der Waals surface area contributed by atoms with Gasteiger partial charge in [-0.2, -0.15) is 0 Å². The maximum atomic E-state index is 8.32. The van der Waals surface area contributed by atoms with E-state index in [-0.39, 0.29) is 0 Å². The third-order valence-corrected chi connectivity index (χ3v) is 0.940. The van der Waals surface area contributed by atoms with E-state index in [1.807, 2.05) is 6.92 Å². The molecular weight excluding hydrogens is 126 g/mol. The third kappa shape index (κ3) is 24.7.